The van der Waals surface area contributed by atoms with Gasteiger partial charge in [-0.15, -0.1) is 0 Å². The molecule has 3 rings (SSSR count). The normalized spacial score (nSPS) is 26.2. The zero-order valence-corrected chi connectivity index (χ0v) is 12.8. The molecule has 0 bridgehead atoms. The number of piperidine rings is 1. The fourth-order valence-corrected chi connectivity index (χ4v) is 3.94. The Balaban J connectivity index is 1.71. The molecule has 1 saturated carbocycles. The summed E-state index contributed by atoms with van der Waals surface area (Å²) in [7, 11) is 0. The van der Waals surface area contributed by atoms with Gasteiger partial charge in [0.2, 0.25) is 0 Å². The van der Waals surface area contributed by atoms with Crippen molar-refractivity contribution >= 4 is 11.6 Å². The second-order valence-corrected chi connectivity index (χ2v) is 7.00. The Labute approximate surface area is 126 Å². The summed E-state index contributed by atoms with van der Waals surface area (Å²) in [5, 5.41) is 10.2. The lowest BCUT2D eigenvalue weighted by Gasteiger charge is -2.47. The Morgan fingerprint density at radius 3 is 2.55 bits per heavy atom. The molecular weight excluding hydrogens is 270 g/mol. The molecule has 1 aliphatic carbocycles. The number of aliphatic hydroxyl groups is 1. The van der Waals surface area contributed by atoms with Crippen molar-refractivity contribution in [3.63, 3.8) is 0 Å². The minimum Gasteiger partial charge on any atom is -0.396 e. The molecule has 2 fully saturated rings. The molecule has 1 heterocycles. The van der Waals surface area contributed by atoms with Gasteiger partial charge in [0.25, 0.3) is 0 Å². The van der Waals surface area contributed by atoms with Crippen LogP contribution >= 0.6 is 11.6 Å². The number of benzene rings is 1. The van der Waals surface area contributed by atoms with Gasteiger partial charge in [0.05, 0.1) is 0 Å². The lowest BCUT2D eigenvalue weighted by atomic mass is 9.64. The van der Waals surface area contributed by atoms with Crippen LogP contribution in [0.4, 0.5) is 0 Å². The first kappa shape index (κ1) is 14.4. The van der Waals surface area contributed by atoms with Crippen molar-refractivity contribution in [2.45, 2.75) is 37.5 Å². The average molecular weight is 294 g/mol. The topological polar surface area (TPSA) is 23.5 Å². The van der Waals surface area contributed by atoms with Crippen LogP contribution in [-0.2, 0) is 5.41 Å². The van der Waals surface area contributed by atoms with E-state index in [1.54, 1.807) is 0 Å². The van der Waals surface area contributed by atoms with E-state index < -0.39 is 0 Å². The summed E-state index contributed by atoms with van der Waals surface area (Å²) in [5.41, 5.74) is 1.78. The van der Waals surface area contributed by atoms with Crippen molar-refractivity contribution in [2.75, 3.05) is 26.2 Å². The molecule has 110 valence electrons. The number of aliphatic hydroxyl groups excluding tert-OH is 1. The average Bonchev–Trinajstić information content (AvgIpc) is 2.44. The van der Waals surface area contributed by atoms with Crippen molar-refractivity contribution in [3.8, 4) is 0 Å². The molecule has 3 heteroatoms. The van der Waals surface area contributed by atoms with Crippen LogP contribution in [0.5, 0.6) is 0 Å². The molecule has 0 spiro atoms. The van der Waals surface area contributed by atoms with E-state index in [0.717, 1.165) is 18.1 Å². The minimum absolute atomic E-state index is 0.335. The molecule has 1 aromatic rings. The van der Waals surface area contributed by atoms with Crippen molar-refractivity contribution in [1.82, 2.24) is 4.90 Å². The van der Waals surface area contributed by atoms with Crippen LogP contribution in [0.15, 0.2) is 24.3 Å². The summed E-state index contributed by atoms with van der Waals surface area (Å²) in [6.45, 7) is 3.73. The molecule has 20 heavy (non-hydrogen) atoms. The van der Waals surface area contributed by atoms with Gasteiger partial charge in [-0.05, 0) is 55.8 Å². The predicted octanol–water partition coefficient (Wildman–Crippen LogP) is 3.47. The van der Waals surface area contributed by atoms with Gasteiger partial charge in [-0.25, -0.2) is 0 Å². The molecule has 0 amide bonds. The number of likely N-dealkylation sites (tertiary alicyclic amines) is 1. The van der Waals surface area contributed by atoms with Gasteiger partial charge in [0.1, 0.15) is 0 Å². The number of halogens is 1. The van der Waals surface area contributed by atoms with Crippen LogP contribution in [-0.4, -0.2) is 36.2 Å². The maximum absolute atomic E-state index is 9.38. The first-order chi connectivity index (χ1) is 9.72. The lowest BCUT2D eigenvalue weighted by molar-refractivity contribution is 0.0769. The highest BCUT2D eigenvalue weighted by atomic mass is 35.5. The molecule has 0 radical (unpaired) electrons. The van der Waals surface area contributed by atoms with Crippen molar-refractivity contribution in [1.29, 1.82) is 0 Å². The van der Waals surface area contributed by atoms with Crippen LogP contribution in [0.2, 0.25) is 5.02 Å². The standard InChI is InChI=1S/C17H24ClNO/c18-16-6-4-15(5-7-16)17(8-2-9-17)13-19-10-1-3-14(11-19)12-20/h4-7,14,20H,1-3,8-13H2/t14-/m1/s1. The highest BCUT2D eigenvalue weighted by molar-refractivity contribution is 6.30. The Hall–Kier alpha value is -0.570. The second-order valence-electron chi connectivity index (χ2n) is 6.57. The van der Waals surface area contributed by atoms with Crippen LogP contribution in [0.1, 0.15) is 37.7 Å². The number of hydrogen-bond acceptors (Lipinski definition) is 2. The zero-order valence-electron chi connectivity index (χ0n) is 12.0. The summed E-state index contributed by atoms with van der Waals surface area (Å²) in [5.74, 6) is 0.478. The zero-order chi connectivity index (χ0) is 14.0. The van der Waals surface area contributed by atoms with Gasteiger partial charge < -0.3 is 10.0 Å². The predicted molar refractivity (Wildman–Crippen MR) is 83.2 cm³/mol. The van der Waals surface area contributed by atoms with E-state index in [-0.39, 0.29) is 0 Å². The molecular formula is C17H24ClNO. The van der Waals surface area contributed by atoms with E-state index in [1.807, 2.05) is 12.1 Å². The summed E-state index contributed by atoms with van der Waals surface area (Å²) in [6.07, 6.45) is 6.31. The van der Waals surface area contributed by atoms with Crippen LogP contribution in [0.3, 0.4) is 0 Å². The third-order valence-corrected chi connectivity index (χ3v) is 5.41. The maximum atomic E-state index is 9.38. The first-order valence-electron chi connectivity index (χ1n) is 7.81. The summed E-state index contributed by atoms with van der Waals surface area (Å²) < 4.78 is 0. The van der Waals surface area contributed by atoms with E-state index >= 15 is 0 Å². The van der Waals surface area contributed by atoms with Crippen molar-refractivity contribution in [3.05, 3.63) is 34.9 Å². The van der Waals surface area contributed by atoms with Crippen molar-refractivity contribution < 1.29 is 5.11 Å². The SMILES string of the molecule is OC[C@@H]1CCCN(CC2(c3ccc(Cl)cc3)CCC2)C1. The van der Waals surface area contributed by atoms with Crippen LogP contribution in [0, 0.1) is 5.92 Å². The summed E-state index contributed by atoms with van der Waals surface area (Å²) in [6, 6.07) is 8.44. The van der Waals surface area contributed by atoms with E-state index in [1.165, 1.54) is 44.2 Å². The first-order valence-corrected chi connectivity index (χ1v) is 8.19. The lowest BCUT2D eigenvalue weighted by Crippen LogP contribution is -2.49. The van der Waals surface area contributed by atoms with E-state index in [9.17, 15) is 5.11 Å². The Morgan fingerprint density at radius 1 is 1.20 bits per heavy atom. The molecule has 1 atom stereocenters. The van der Waals surface area contributed by atoms with E-state index in [0.29, 0.717) is 17.9 Å². The Morgan fingerprint density at radius 2 is 1.95 bits per heavy atom. The van der Waals surface area contributed by atoms with Gasteiger partial charge >= 0.3 is 0 Å². The molecule has 1 aliphatic heterocycles. The van der Waals surface area contributed by atoms with Crippen LogP contribution < -0.4 is 0 Å². The molecule has 1 saturated heterocycles. The summed E-state index contributed by atoms with van der Waals surface area (Å²) >= 11 is 6.01. The number of hydrogen-bond donors (Lipinski definition) is 1. The maximum Gasteiger partial charge on any atom is 0.0471 e. The summed E-state index contributed by atoms with van der Waals surface area (Å²) in [4.78, 5) is 2.57. The molecule has 1 aromatic carbocycles. The molecule has 2 nitrogen and oxygen atoms in total. The van der Waals surface area contributed by atoms with Gasteiger partial charge in [-0.1, -0.05) is 30.2 Å². The van der Waals surface area contributed by atoms with Crippen LogP contribution in [0.25, 0.3) is 0 Å². The second kappa shape index (κ2) is 6.05. The van der Waals surface area contributed by atoms with Gasteiger partial charge in [0, 0.05) is 30.1 Å². The van der Waals surface area contributed by atoms with Gasteiger partial charge in [0.15, 0.2) is 0 Å². The minimum atomic E-state index is 0.335. The fraction of sp³-hybridized carbons (Fsp3) is 0.647. The monoisotopic (exact) mass is 293 g/mol. The smallest absolute Gasteiger partial charge is 0.0471 e. The number of rotatable bonds is 4. The molecule has 0 aromatic heterocycles. The molecule has 0 unspecified atom stereocenters. The molecule has 2 aliphatic rings. The van der Waals surface area contributed by atoms with E-state index in [4.69, 9.17) is 11.6 Å². The quantitative estimate of drug-likeness (QED) is 0.919. The van der Waals surface area contributed by atoms with Gasteiger partial charge in [-0.2, -0.15) is 0 Å². The Kier molecular flexibility index (Phi) is 4.34. The third kappa shape index (κ3) is 2.88. The Bertz CT molecular complexity index is 441. The fourth-order valence-electron chi connectivity index (χ4n) is 3.82. The van der Waals surface area contributed by atoms with Crippen molar-refractivity contribution in [2.24, 2.45) is 5.92 Å². The number of nitrogens with zero attached hydrogens (tertiary/aromatic N) is 1. The highest BCUT2D eigenvalue weighted by Gasteiger charge is 2.40. The largest absolute Gasteiger partial charge is 0.396 e. The molecule has 1 N–H and O–H groups in total. The third-order valence-electron chi connectivity index (χ3n) is 5.15. The highest BCUT2D eigenvalue weighted by Crippen LogP contribution is 2.45. The van der Waals surface area contributed by atoms with E-state index in [2.05, 4.69) is 17.0 Å². The van der Waals surface area contributed by atoms with Gasteiger partial charge in [-0.3, -0.25) is 0 Å².